The second kappa shape index (κ2) is 8.53. The molecule has 0 fully saturated rings. The molecule has 0 radical (unpaired) electrons. The number of anilines is 1. The summed E-state index contributed by atoms with van der Waals surface area (Å²) in [5, 5.41) is 13.1. The summed E-state index contributed by atoms with van der Waals surface area (Å²) < 4.78 is 5.04. The largest absolute Gasteiger partial charge is 0.512 e. The molecule has 0 unspecified atom stereocenters. The average molecular weight is 324 g/mol. The fourth-order valence-electron chi connectivity index (χ4n) is 2.06. The van der Waals surface area contributed by atoms with E-state index in [9.17, 15) is 9.90 Å². The summed E-state index contributed by atoms with van der Waals surface area (Å²) in [7, 11) is 0. The van der Waals surface area contributed by atoms with Crippen LogP contribution in [0.3, 0.4) is 0 Å². The molecular weight excluding hydrogens is 304 g/mol. The van der Waals surface area contributed by atoms with E-state index in [0.29, 0.717) is 5.69 Å². The molecule has 124 valence electrons. The maximum Gasteiger partial charge on any atom is 0.345 e. The Kier molecular flexibility index (Phi) is 6.14. The summed E-state index contributed by atoms with van der Waals surface area (Å²) in [6.45, 7) is 3.35. The van der Waals surface area contributed by atoms with Crippen molar-refractivity contribution in [2.24, 2.45) is 4.99 Å². The number of hydrogen-bond acceptors (Lipinski definition) is 4. The Morgan fingerprint density at radius 3 is 2.21 bits per heavy atom. The van der Waals surface area contributed by atoms with Crippen molar-refractivity contribution in [2.75, 3.05) is 11.9 Å². The first kappa shape index (κ1) is 17.3. The van der Waals surface area contributed by atoms with Gasteiger partial charge in [0.2, 0.25) is 0 Å². The monoisotopic (exact) mass is 324 g/mol. The first-order chi connectivity index (χ1) is 11.6. The molecular formula is C19H20N2O3. The Balaban J connectivity index is 2.47. The summed E-state index contributed by atoms with van der Waals surface area (Å²) in [4.78, 5) is 16.7. The zero-order chi connectivity index (χ0) is 17.4. The number of nitrogens with zero attached hydrogens (tertiary/aromatic N) is 1. The van der Waals surface area contributed by atoms with Crippen molar-refractivity contribution in [3.8, 4) is 0 Å². The Morgan fingerprint density at radius 1 is 1.08 bits per heavy atom. The molecule has 5 nitrogen and oxygen atoms in total. The number of aliphatic hydroxyl groups excluding tert-OH is 1. The number of hydrogen-bond donors (Lipinski definition) is 2. The predicted molar refractivity (Wildman–Crippen MR) is 95.6 cm³/mol. The second-order valence-electron chi connectivity index (χ2n) is 4.97. The van der Waals surface area contributed by atoms with E-state index in [-0.39, 0.29) is 23.8 Å². The van der Waals surface area contributed by atoms with Crippen molar-refractivity contribution >= 4 is 23.2 Å². The Hall–Kier alpha value is -3.08. The molecule has 5 heteroatoms. The molecule has 0 heterocycles. The van der Waals surface area contributed by atoms with Crippen molar-refractivity contribution in [2.45, 2.75) is 13.8 Å². The van der Waals surface area contributed by atoms with Crippen molar-refractivity contribution in [1.29, 1.82) is 0 Å². The molecule has 0 aromatic heterocycles. The average Bonchev–Trinajstić information content (AvgIpc) is 2.56. The van der Waals surface area contributed by atoms with Crippen LogP contribution in [0.4, 0.5) is 11.4 Å². The lowest BCUT2D eigenvalue weighted by Gasteiger charge is -2.14. The third-order valence-corrected chi connectivity index (χ3v) is 3.11. The lowest BCUT2D eigenvalue weighted by Crippen LogP contribution is -2.24. The van der Waals surface area contributed by atoms with Crippen LogP contribution in [-0.4, -0.2) is 23.5 Å². The molecule has 24 heavy (non-hydrogen) atoms. The lowest BCUT2D eigenvalue weighted by molar-refractivity contribution is -0.138. The van der Waals surface area contributed by atoms with Crippen molar-refractivity contribution in [3.05, 3.63) is 72.0 Å². The summed E-state index contributed by atoms with van der Waals surface area (Å²) in [6, 6.07) is 18.5. The molecule has 0 saturated heterocycles. The van der Waals surface area contributed by atoms with Gasteiger partial charge < -0.3 is 15.2 Å². The van der Waals surface area contributed by atoms with E-state index in [1.54, 1.807) is 6.92 Å². The highest BCUT2D eigenvalue weighted by Crippen LogP contribution is 2.17. The highest BCUT2D eigenvalue weighted by molar-refractivity contribution is 6.24. The van der Waals surface area contributed by atoms with Crippen molar-refractivity contribution in [3.63, 3.8) is 0 Å². The molecule has 2 aromatic carbocycles. The topological polar surface area (TPSA) is 70.9 Å². The van der Waals surface area contributed by atoms with Crippen LogP contribution in [0, 0.1) is 0 Å². The fourth-order valence-corrected chi connectivity index (χ4v) is 2.06. The highest BCUT2D eigenvalue weighted by atomic mass is 16.5. The van der Waals surface area contributed by atoms with Gasteiger partial charge in [-0.3, -0.25) is 0 Å². The molecule has 2 aromatic rings. The molecule has 0 amide bonds. The third-order valence-electron chi connectivity index (χ3n) is 3.11. The zero-order valence-corrected chi connectivity index (χ0v) is 13.7. The second-order valence-corrected chi connectivity index (χ2v) is 4.97. The van der Waals surface area contributed by atoms with Crippen LogP contribution in [0.5, 0.6) is 0 Å². The van der Waals surface area contributed by atoms with E-state index in [2.05, 4.69) is 10.3 Å². The van der Waals surface area contributed by atoms with E-state index in [0.717, 1.165) is 5.69 Å². The van der Waals surface area contributed by atoms with Gasteiger partial charge in [-0.25, -0.2) is 9.79 Å². The molecule has 0 aliphatic rings. The highest BCUT2D eigenvalue weighted by Gasteiger charge is 2.21. The number of esters is 1. The SMILES string of the molecule is CCOC(=O)/C(C(=Nc1ccccc1)Nc1ccccc1)=C(/C)O. The fraction of sp³-hybridized carbons (Fsp3) is 0.158. The predicted octanol–water partition coefficient (Wildman–Crippen LogP) is 4.22. The smallest absolute Gasteiger partial charge is 0.345 e. The number of amidine groups is 1. The van der Waals surface area contributed by atoms with Crippen LogP contribution >= 0.6 is 0 Å². The zero-order valence-electron chi connectivity index (χ0n) is 13.7. The number of rotatable bonds is 5. The number of ether oxygens (including phenoxy) is 1. The van der Waals surface area contributed by atoms with E-state index in [1.807, 2.05) is 60.7 Å². The minimum Gasteiger partial charge on any atom is -0.512 e. The first-order valence-electron chi connectivity index (χ1n) is 7.65. The number of carbonyl (C=O) groups excluding carboxylic acids is 1. The van der Waals surface area contributed by atoms with Gasteiger partial charge in [0.05, 0.1) is 12.3 Å². The first-order valence-corrected chi connectivity index (χ1v) is 7.65. The van der Waals surface area contributed by atoms with Crippen LogP contribution < -0.4 is 5.32 Å². The van der Waals surface area contributed by atoms with Gasteiger partial charge in [-0.15, -0.1) is 0 Å². The standard InChI is InChI=1S/C19H20N2O3/c1-3-24-19(23)17(14(2)22)18(20-15-10-6-4-7-11-15)21-16-12-8-5-9-13-16/h4-13,22H,3H2,1-2H3,(H,20,21)/b17-14-. The quantitative estimate of drug-likeness (QED) is 0.284. The molecule has 2 rings (SSSR count). The van der Waals surface area contributed by atoms with Gasteiger partial charge in [0.1, 0.15) is 17.2 Å². The number of aliphatic hydroxyl groups is 1. The van der Waals surface area contributed by atoms with Crippen LogP contribution in [-0.2, 0) is 9.53 Å². The maximum atomic E-state index is 12.2. The summed E-state index contributed by atoms with van der Waals surface area (Å²) in [5.74, 6) is -0.562. The molecule has 0 saturated carbocycles. The Morgan fingerprint density at radius 2 is 1.67 bits per heavy atom. The lowest BCUT2D eigenvalue weighted by atomic mass is 10.2. The Bertz CT molecular complexity index is 734. The van der Waals surface area contributed by atoms with Gasteiger partial charge in [-0.1, -0.05) is 36.4 Å². The number of aliphatic imine (C=N–C) groups is 1. The van der Waals surface area contributed by atoms with E-state index < -0.39 is 5.97 Å². The van der Waals surface area contributed by atoms with Gasteiger partial charge in [0.15, 0.2) is 0 Å². The molecule has 0 bridgehead atoms. The third kappa shape index (κ3) is 4.71. The molecule has 0 aliphatic carbocycles. The molecule has 0 aliphatic heterocycles. The van der Waals surface area contributed by atoms with Gasteiger partial charge in [-0.2, -0.15) is 0 Å². The molecule has 0 atom stereocenters. The minimum atomic E-state index is -0.629. The van der Waals surface area contributed by atoms with Gasteiger partial charge in [0, 0.05) is 5.69 Å². The number of para-hydroxylation sites is 2. The number of benzene rings is 2. The van der Waals surface area contributed by atoms with Gasteiger partial charge in [0.25, 0.3) is 0 Å². The summed E-state index contributed by atoms with van der Waals surface area (Å²) in [6.07, 6.45) is 0. The number of carbonyl (C=O) groups is 1. The normalized spacial score (nSPS) is 12.3. The van der Waals surface area contributed by atoms with E-state index >= 15 is 0 Å². The van der Waals surface area contributed by atoms with Crippen molar-refractivity contribution < 1.29 is 14.6 Å². The number of allylic oxidation sites excluding steroid dienone is 1. The van der Waals surface area contributed by atoms with Crippen LogP contribution in [0.25, 0.3) is 0 Å². The summed E-state index contributed by atoms with van der Waals surface area (Å²) in [5.41, 5.74) is 1.40. The van der Waals surface area contributed by atoms with Gasteiger partial charge >= 0.3 is 5.97 Å². The van der Waals surface area contributed by atoms with Crippen LogP contribution in [0.1, 0.15) is 13.8 Å². The van der Waals surface area contributed by atoms with E-state index in [1.165, 1.54) is 6.92 Å². The van der Waals surface area contributed by atoms with Crippen LogP contribution in [0.15, 0.2) is 77.0 Å². The maximum absolute atomic E-state index is 12.2. The molecule has 0 spiro atoms. The Labute approximate surface area is 141 Å². The van der Waals surface area contributed by atoms with E-state index in [4.69, 9.17) is 4.74 Å². The van der Waals surface area contributed by atoms with Crippen molar-refractivity contribution in [1.82, 2.24) is 0 Å². The summed E-state index contributed by atoms with van der Waals surface area (Å²) >= 11 is 0. The molecule has 2 N–H and O–H groups in total. The minimum absolute atomic E-state index is 0.00422. The number of nitrogens with one attached hydrogen (secondary N) is 1. The van der Waals surface area contributed by atoms with Crippen LogP contribution in [0.2, 0.25) is 0 Å². The van der Waals surface area contributed by atoms with Gasteiger partial charge in [-0.05, 0) is 38.1 Å².